The molecule has 0 fully saturated rings. The van der Waals surface area contributed by atoms with Gasteiger partial charge in [0.15, 0.2) is 5.60 Å². The molecule has 1 unspecified atom stereocenters. The first-order valence-corrected chi connectivity index (χ1v) is 9.50. The molecule has 0 amide bonds. The van der Waals surface area contributed by atoms with E-state index in [1.807, 2.05) is 48.5 Å². The molecule has 0 saturated carbocycles. The summed E-state index contributed by atoms with van der Waals surface area (Å²) in [7, 11) is 3.38. The quantitative estimate of drug-likeness (QED) is 0.514. The van der Waals surface area contributed by atoms with E-state index in [-0.39, 0.29) is 0 Å². The molecular formula is C25H24O4. The molecule has 0 N–H and O–H groups in total. The van der Waals surface area contributed by atoms with Gasteiger partial charge in [0.05, 0.1) is 7.11 Å². The van der Waals surface area contributed by atoms with Crippen molar-refractivity contribution in [1.29, 1.82) is 0 Å². The maximum absolute atomic E-state index is 6.32. The van der Waals surface area contributed by atoms with E-state index in [4.69, 9.17) is 18.9 Å². The number of hydrogen-bond donors (Lipinski definition) is 0. The average molecular weight is 388 g/mol. The lowest BCUT2D eigenvalue weighted by Gasteiger charge is -2.40. The Labute approximate surface area is 171 Å². The van der Waals surface area contributed by atoms with Gasteiger partial charge in [-0.25, -0.2) is 0 Å². The highest BCUT2D eigenvalue weighted by Gasteiger charge is 2.45. The largest absolute Gasteiger partial charge is 0.497 e. The number of rotatable bonds is 6. The molecule has 0 aromatic heterocycles. The summed E-state index contributed by atoms with van der Waals surface area (Å²) < 4.78 is 23.8. The van der Waals surface area contributed by atoms with Crippen LogP contribution in [0.1, 0.15) is 22.3 Å². The molecule has 29 heavy (non-hydrogen) atoms. The first-order valence-electron chi connectivity index (χ1n) is 9.50. The number of aryl methyl sites for hydroxylation is 1. The van der Waals surface area contributed by atoms with Crippen molar-refractivity contribution >= 4 is 0 Å². The summed E-state index contributed by atoms with van der Waals surface area (Å²) in [4.78, 5) is 0. The fraction of sp³-hybridized carbons (Fsp3) is 0.200. The molecule has 1 atom stereocenters. The fourth-order valence-corrected chi connectivity index (χ4v) is 3.98. The Bertz CT molecular complexity index is 1060. The minimum Gasteiger partial charge on any atom is -0.497 e. The summed E-state index contributed by atoms with van der Waals surface area (Å²) in [6.07, 6.45) is 1.72. The normalized spacial score (nSPS) is 16.9. The van der Waals surface area contributed by atoms with Crippen LogP contribution in [0.15, 0.2) is 73.3 Å². The summed E-state index contributed by atoms with van der Waals surface area (Å²) in [5, 5.41) is 0. The molecule has 4 rings (SSSR count). The number of ether oxygens (including phenoxy) is 4. The lowest BCUT2D eigenvalue weighted by molar-refractivity contribution is 0.0492. The topological polar surface area (TPSA) is 36.9 Å². The zero-order valence-electron chi connectivity index (χ0n) is 16.9. The SMILES string of the molecule is C=CCOc1ccc2c(c1)Oc1cc(OC)ccc1C2(OC)c1ccccc1C. The molecule has 1 heterocycles. The van der Waals surface area contributed by atoms with Crippen molar-refractivity contribution in [2.75, 3.05) is 20.8 Å². The molecule has 3 aromatic rings. The van der Waals surface area contributed by atoms with E-state index in [0.717, 1.165) is 28.0 Å². The molecule has 1 aliphatic rings. The van der Waals surface area contributed by atoms with E-state index in [9.17, 15) is 0 Å². The van der Waals surface area contributed by atoms with Gasteiger partial charge in [-0.3, -0.25) is 0 Å². The van der Waals surface area contributed by atoms with Crippen molar-refractivity contribution in [3.63, 3.8) is 0 Å². The molecule has 1 aliphatic heterocycles. The zero-order valence-corrected chi connectivity index (χ0v) is 16.9. The van der Waals surface area contributed by atoms with Gasteiger partial charge in [0, 0.05) is 30.4 Å². The van der Waals surface area contributed by atoms with E-state index in [1.54, 1.807) is 20.3 Å². The van der Waals surface area contributed by atoms with Gasteiger partial charge in [0.2, 0.25) is 0 Å². The first kappa shape index (κ1) is 19.1. The number of methoxy groups -OCH3 is 2. The van der Waals surface area contributed by atoms with Crippen molar-refractivity contribution in [1.82, 2.24) is 0 Å². The molecule has 0 aliphatic carbocycles. The second kappa shape index (κ2) is 7.64. The number of benzene rings is 3. The van der Waals surface area contributed by atoms with Gasteiger partial charge >= 0.3 is 0 Å². The maximum Gasteiger partial charge on any atom is 0.150 e. The second-order valence-corrected chi connectivity index (χ2v) is 6.92. The van der Waals surface area contributed by atoms with E-state index in [2.05, 4.69) is 25.6 Å². The van der Waals surface area contributed by atoms with Crippen LogP contribution in [0.25, 0.3) is 0 Å². The second-order valence-electron chi connectivity index (χ2n) is 6.92. The van der Waals surface area contributed by atoms with Crippen molar-refractivity contribution in [3.05, 3.63) is 95.6 Å². The number of fused-ring (bicyclic) bond motifs is 2. The summed E-state index contributed by atoms with van der Waals surface area (Å²) in [5.74, 6) is 2.83. The summed E-state index contributed by atoms with van der Waals surface area (Å²) >= 11 is 0. The molecular weight excluding hydrogens is 364 g/mol. The van der Waals surface area contributed by atoms with Crippen LogP contribution in [-0.4, -0.2) is 20.8 Å². The minimum atomic E-state index is -0.808. The van der Waals surface area contributed by atoms with E-state index >= 15 is 0 Å². The Morgan fingerprint density at radius 3 is 2.17 bits per heavy atom. The Morgan fingerprint density at radius 2 is 1.55 bits per heavy atom. The highest BCUT2D eigenvalue weighted by Crippen LogP contribution is 2.54. The molecule has 4 heteroatoms. The summed E-state index contributed by atoms with van der Waals surface area (Å²) in [6, 6.07) is 19.9. The lowest BCUT2D eigenvalue weighted by Crippen LogP contribution is -2.35. The summed E-state index contributed by atoms with van der Waals surface area (Å²) in [6.45, 7) is 6.23. The van der Waals surface area contributed by atoms with Crippen molar-refractivity contribution in [2.45, 2.75) is 12.5 Å². The van der Waals surface area contributed by atoms with Gasteiger partial charge in [0.1, 0.15) is 29.6 Å². The van der Waals surface area contributed by atoms with Gasteiger partial charge in [-0.1, -0.05) is 36.9 Å². The van der Waals surface area contributed by atoms with Crippen LogP contribution in [0.4, 0.5) is 0 Å². The fourth-order valence-electron chi connectivity index (χ4n) is 3.98. The Kier molecular flexibility index (Phi) is 5.03. The summed E-state index contributed by atoms with van der Waals surface area (Å²) in [5.41, 5.74) is 3.26. The van der Waals surface area contributed by atoms with Crippen LogP contribution in [0, 0.1) is 6.92 Å². The highest BCUT2D eigenvalue weighted by molar-refractivity contribution is 5.64. The molecule has 3 aromatic carbocycles. The number of hydrogen-bond acceptors (Lipinski definition) is 4. The molecule has 0 bridgehead atoms. The van der Waals surface area contributed by atoms with E-state index in [1.165, 1.54) is 0 Å². The van der Waals surface area contributed by atoms with Gasteiger partial charge in [-0.05, 0) is 42.3 Å². The Morgan fingerprint density at radius 1 is 0.897 bits per heavy atom. The smallest absolute Gasteiger partial charge is 0.150 e. The molecule has 0 spiro atoms. The van der Waals surface area contributed by atoms with Crippen LogP contribution in [-0.2, 0) is 10.3 Å². The van der Waals surface area contributed by atoms with Crippen molar-refractivity contribution < 1.29 is 18.9 Å². The van der Waals surface area contributed by atoms with Crippen LogP contribution in [0.5, 0.6) is 23.0 Å². The Balaban J connectivity index is 1.99. The maximum atomic E-state index is 6.32. The van der Waals surface area contributed by atoms with E-state index < -0.39 is 5.60 Å². The van der Waals surface area contributed by atoms with Gasteiger partial charge in [-0.2, -0.15) is 0 Å². The van der Waals surface area contributed by atoms with Crippen molar-refractivity contribution in [2.24, 2.45) is 0 Å². The molecule has 4 nitrogen and oxygen atoms in total. The van der Waals surface area contributed by atoms with Gasteiger partial charge in [0.25, 0.3) is 0 Å². The van der Waals surface area contributed by atoms with Gasteiger partial charge < -0.3 is 18.9 Å². The zero-order chi connectivity index (χ0) is 20.4. The van der Waals surface area contributed by atoms with Crippen LogP contribution in [0.2, 0.25) is 0 Å². The minimum absolute atomic E-state index is 0.427. The first-order chi connectivity index (χ1) is 14.1. The van der Waals surface area contributed by atoms with Crippen LogP contribution in [0.3, 0.4) is 0 Å². The van der Waals surface area contributed by atoms with Gasteiger partial charge in [-0.15, -0.1) is 0 Å². The van der Waals surface area contributed by atoms with Crippen molar-refractivity contribution in [3.8, 4) is 23.0 Å². The standard InChI is InChI=1S/C25H24O4/c1-5-14-28-19-11-13-22-24(16-19)29-23-15-18(26-3)10-12-21(23)25(22,27-4)20-9-7-6-8-17(20)2/h5-13,15-16H,1,14H2,2-4H3. The predicted molar refractivity (Wildman–Crippen MR) is 113 cm³/mol. The lowest BCUT2D eigenvalue weighted by atomic mass is 9.76. The average Bonchev–Trinajstić information content (AvgIpc) is 2.76. The van der Waals surface area contributed by atoms with E-state index in [0.29, 0.717) is 23.9 Å². The van der Waals surface area contributed by atoms with Crippen LogP contribution < -0.4 is 14.2 Å². The third-order valence-corrected chi connectivity index (χ3v) is 5.32. The predicted octanol–water partition coefficient (Wildman–Crippen LogP) is 5.61. The Hall–Kier alpha value is -3.24. The monoisotopic (exact) mass is 388 g/mol. The third kappa shape index (κ3) is 3.06. The highest BCUT2D eigenvalue weighted by atomic mass is 16.5. The third-order valence-electron chi connectivity index (χ3n) is 5.32. The molecule has 148 valence electrons. The molecule has 0 saturated heterocycles. The van der Waals surface area contributed by atoms with Crippen LogP contribution >= 0.6 is 0 Å². The molecule has 0 radical (unpaired) electrons.